The molecule has 0 saturated carbocycles. The van der Waals surface area contributed by atoms with Crippen molar-refractivity contribution in [2.75, 3.05) is 12.4 Å². The van der Waals surface area contributed by atoms with Crippen molar-refractivity contribution in [3.05, 3.63) is 44.4 Å². The van der Waals surface area contributed by atoms with Gasteiger partial charge >= 0.3 is 0 Å². The Morgan fingerprint density at radius 1 is 1.37 bits per heavy atom. The molecular formula is C12H14BrN5O. The van der Waals surface area contributed by atoms with Crippen LogP contribution in [-0.4, -0.2) is 26.6 Å². The first-order valence-electron chi connectivity index (χ1n) is 5.75. The maximum absolute atomic E-state index is 12.0. The van der Waals surface area contributed by atoms with Gasteiger partial charge in [-0.05, 0) is 29.8 Å². The van der Waals surface area contributed by atoms with Crippen molar-refractivity contribution >= 4 is 21.7 Å². The van der Waals surface area contributed by atoms with Gasteiger partial charge in [0.05, 0.1) is 18.6 Å². The molecule has 0 aliphatic heterocycles. The van der Waals surface area contributed by atoms with Gasteiger partial charge in [0, 0.05) is 18.8 Å². The fourth-order valence-corrected chi connectivity index (χ4v) is 1.97. The highest BCUT2D eigenvalue weighted by Crippen LogP contribution is 2.08. The predicted octanol–water partition coefficient (Wildman–Crippen LogP) is 1.50. The number of hydrogen-bond donors (Lipinski definition) is 1. The van der Waals surface area contributed by atoms with Crippen molar-refractivity contribution in [3.63, 3.8) is 0 Å². The van der Waals surface area contributed by atoms with E-state index in [1.807, 2.05) is 13.0 Å². The maximum Gasteiger partial charge on any atom is 0.268 e. The summed E-state index contributed by atoms with van der Waals surface area (Å²) in [5.74, 6) is 1.30. The zero-order valence-corrected chi connectivity index (χ0v) is 12.5. The van der Waals surface area contributed by atoms with Crippen molar-refractivity contribution < 1.29 is 0 Å². The lowest BCUT2D eigenvalue weighted by Crippen LogP contribution is -2.23. The third-order valence-corrected chi connectivity index (χ3v) is 3.54. The number of halogens is 1. The molecule has 0 amide bonds. The van der Waals surface area contributed by atoms with Crippen LogP contribution < -0.4 is 10.9 Å². The van der Waals surface area contributed by atoms with Crippen molar-refractivity contribution in [1.82, 2.24) is 19.5 Å². The second kappa shape index (κ2) is 5.48. The van der Waals surface area contributed by atoms with Crippen LogP contribution in [0.3, 0.4) is 0 Å². The molecule has 2 aromatic rings. The van der Waals surface area contributed by atoms with Crippen LogP contribution in [-0.2, 0) is 6.54 Å². The van der Waals surface area contributed by atoms with Crippen LogP contribution in [0, 0.1) is 13.8 Å². The van der Waals surface area contributed by atoms with Crippen LogP contribution in [0.2, 0.25) is 0 Å². The zero-order chi connectivity index (χ0) is 14.0. The van der Waals surface area contributed by atoms with Gasteiger partial charge in [-0.3, -0.25) is 9.36 Å². The number of hydrogen-bond acceptors (Lipinski definition) is 5. The van der Waals surface area contributed by atoms with Crippen molar-refractivity contribution in [3.8, 4) is 0 Å². The minimum Gasteiger partial charge on any atom is -0.373 e. The molecule has 19 heavy (non-hydrogen) atoms. The summed E-state index contributed by atoms with van der Waals surface area (Å²) in [6, 6.07) is 1.84. The topological polar surface area (TPSA) is 72.7 Å². The van der Waals surface area contributed by atoms with E-state index in [-0.39, 0.29) is 5.56 Å². The van der Waals surface area contributed by atoms with E-state index in [2.05, 4.69) is 36.2 Å². The number of rotatable bonds is 3. The summed E-state index contributed by atoms with van der Waals surface area (Å²) in [5, 5.41) is 2.97. The first-order valence-corrected chi connectivity index (χ1v) is 6.54. The minimum absolute atomic E-state index is 0.136. The fourth-order valence-electron chi connectivity index (χ4n) is 1.64. The molecular weight excluding hydrogens is 310 g/mol. The van der Waals surface area contributed by atoms with Crippen molar-refractivity contribution in [2.45, 2.75) is 20.4 Å². The third kappa shape index (κ3) is 2.98. The Balaban J connectivity index is 2.39. The third-order valence-electron chi connectivity index (χ3n) is 2.63. The van der Waals surface area contributed by atoms with E-state index in [0.717, 1.165) is 11.5 Å². The number of nitrogens with zero attached hydrogens (tertiary/aromatic N) is 4. The highest BCUT2D eigenvalue weighted by molar-refractivity contribution is 9.10. The normalized spacial score (nSPS) is 10.5. The zero-order valence-electron chi connectivity index (χ0n) is 10.9. The summed E-state index contributed by atoms with van der Waals surface area (Å²) < 4.78 is 1.95. The van der Waals surface area contributed by atoms with Crippen LogP contribution in [0.25, 0.3) is 0 Å². The molecule has 7 heteroatoms. The van der Waals surface area contributed by atoms with Gasteiger partial charge < -0.3 is 5.32 Å². The average molecular weight is 324 g/mol. The van der Waals surface area contributed by atoms with E-state index in [9.17, 15) is 4.79 Å². The number of nitrogens with one attached hydrogen (secondary N) is 1. The van der Waals surface area contributed by atoms with Crippen LogP contribution in [0.5, 0.6) is 0 Å². The highest BCUT2D eigenvalue weighted by atomic mass is 79.9. The monoisotopic (exact) mass is 323 g/mol. The van der Waals surface area contributed by atoms with Gasteiger partial charge in [0.2, 0.25) is 0 Å². The average Bonchev–Trinajstić information content (AvgIpc) is 2.39. The van der Waals surface area contributed by atoms with Gasteiger partial charge in [-0.15, -0.1) is 0 Å². The largest absolute Gasteiger partial charge is 0.373 e. The molecule has 100 valence electrons. The lowest BCUT2D eigenvalue weighted by Gasteiger charge is -2.08. The van der Waals surface area contributed by atoms with Crippen molar-refractivity contribution in [2.24, 2.45) is 0 Å². The quantitative estimate of drug-likeness (QED) is 0.926. The first-order chi connectivity index (χ1) is 9.01. The van der Waals surface area contributed by atoms with Gasteiger partial charge in [-0.2, -0.15) is 0 Å². The molecule has 1 N–H and O–H groups in total. The number of aromatic nitrogens is 4. The SMILES string of the molecule is CNc1cc(C)nc(Cn2cnc(C)c(Br)c2=O)n1. The molecule has 0 aliphatic rings. The predicted molar refractivity (Wildman–Crippen MR) is 76.4 cm³/mol. The second-order valence-electron chi connectivity index (χ2n) is 4.14. The Hall–Kier alpha value is -1.76. The molecule has 0 unspecified atom stereocenters. The minimum atomic E-state index is -0.136. The Bertz CT molecular complexity index is 668. The molecule has 0 saturated heterocycles. The van der Waals surface area contributed by atoms with Gasteiger partial charge in [-0.25, -0.2) is 15.0 Å². The van der Waals surface area contributed by atoms with Crippen LogP contribution >= 0.6 is 15.9 Å². The fraction of sp³-hybridized carbons (Fsp3) is 0.333. The van der Waals surface area contributed by atoms with E-state index in [4.69, 9.17) is 0 Å². The lowest BCUT2D eigenvalue weighted by molar-refractivity contribution is 0.686. The summed E-state index contributed by atoms with van der Waals surface area (Å²) in [7, 11) is 1.79. The van der Waals surface area contributed by atoms with Gasteiger partial charge in [-0.1, -0.05) is 0 Å². The molecule has 0 aromatic carbocycles. The Kier molecular flexibility index (Phi) is 3.94. The van der Waals surface area contributed by atoms with Crippen LogP contribution in [0.1, 0.15) is 17.2 Å². The summed E-state index contributed by atoms with van der Waals surface area (Å²) >= 11 is 3.24. The van der Waals surface area contributed by atoms with E-state index < -0.39 is 0 Å². The van der Waals surface area contributed by atoms with Gasteiger partial charge in [0.15, 0.2) is 5.82 Å². The Labute approximate surface area is 119 Å². The lowest BCUT2D eigenvalue weighted by atomic mass is 10.4. The maximum atomic E-state index is 12.0. The first kappa shape index (κ1) is 13.7. The highest BCUT2D eigenvalue weighted by Gasteiger charge is 2.08. The molecule has 2 aromatic heterocycles. The standard InChI is InChI=1S/C12H14BrN5O/c1-7-4-9(14-3)17-10(16-7)5-18-6-15-8(2)11(13)12(18)19/h4,6H,5H2,1-3H3,(H,14,16,17). The Morgan fingerprint density at radius 2 is 2.11 bits per heavy atom. The van der Waals surface area contributed by atoms with E-state index in [1.165, 1.54) is 10.9 Å². The molecule has 0 spiro atoms. The summed E-state index contributed by atoms with van der Waals surface area (Å²) in [6.07, 6.45) is 1.51. The Morgan fingerprint density at radius 3 is 2.79 bits per heavy atom. The molecule has 0 fully saturated rings. The van der Waals surface area contributed by atoms with E-state index in [0.29, 0.717) is 22.5 Å². The summed E-state index contributed by atoms with van der Waals surface area (Å²) in [4.78, 5) is 24.8. The molecule has 2 heterocycles. The molecule has 2 rings (SSSR count). The van der Waals surface area contributed by atoms with E-state index >= 15 is 0 Å². The summed E-state index contributed by atoms with van der Waals surface area (Å²) in [6.45, 7) is 3.96. The van der Waals surface area contributed by atoms with Crippen LogP contribution in [0.15, 0.2) is 21.7 Å². The van der Waals surface area contributed by atoms with Crippen molar-refractivity contribution in [1.29, 1.82) is 0 Å². The second-order valence-corrected chi connectivity index (χ2v) is 4.93. The molecule has 0 bridgehead atoms. The molecule has 0 aliphatic carbocycles. The summed E-state index contributed by atoms with van der Waals surface area (Å²) in [5.41, 5.74) is 1.38. The van der Waals surface area contributed by atoms with Gasteiger partial charge in [0.25, 0.3) is 5.56 Å². The smallest absolute Gasteiger partial charge is 0.268 e. The molecule has 6 nitrogen and oxygen atoms in total. The number of anilines is 1. The number of aryl methyl sites for hydroxylation is 2. The van der Waals surface area contributed by atoms with Crippen LogP contribution in [0.4, 0.5) is 5.82 Å². The molecule has 0 atom stereocenters. The van der Waals surface area contributed by atoms with Gasteiger partial charge in [0.1, 0.15) is 10.3 Å². The van der Waals surface area contributed by atoms with E-state index in [1.54, 1.807) is 14.0 Å². The molecule has 0 radical (unpaired) electrons.